The number of hydrogen-bond acceptors (Lipinski definition) is 6. The SMILES string of the molecule is C/C=C/c1cc(/C=C2\C(=O)NC(=O)N(c3ccc(OCC)cc3)C2=O)cc(OCC)c1OCc1ccc(Cl)cc1. The molecule has 4 amide bonds. The highest BCUT2D eigenvalue weighted by atomic mass is 35.5. The zero-order chi connectivity index (χ0) is 28.6. The minimum atomic E-state index is -0.827. The number of nitrogens with one attached hydrogen (secondary N) is 1. The fourth-order valence-electron chi connectivity index (χ4n) is 4.10. The molecular formula is C31H29ClN2O6. The molecule has 0 aliphatic carbocycles. The van der Waals surface area contributed by atoms with Crippen molar-refractivity contribution in [1.82, 2.24) is 5.32 Å². The van der Waals surface area contributed by atoms with Gasteiger partial charge in [0.25, 0.3) is 11.8 Å². The summed E-state index contributed by atoms with van der Waals surface area (Å²) in [6.45, 7) is 6.70. The van der Waals surface area contributed by atoms with Crippen LogP contribution in [0.15, 0.2) is 72.3 Å². The molecule has 1 aliphatic rings. The Morgan fingerprint density at radius 2 is 1.60 bits per heavy atom. The predicted molar refractivity (Wildman–Crippen MR) is 155 cm³/mol. The molecule has 8 nitrogen and oxygen atoms in total. The number of barbiturate groups is 1. The van der Waals surface area contributed by atoms with E-state index in [2.05, 4.69) is 5.32 Å². The number of imide groups is 2. The maximum absolute atomic E-state index is 13.4. The molecule has 0 spiro atoms. The summed E-state index contributed by atoms with van der Waals surface area (Å²) in [5, 5.41) is 2.88. The molecule has 3 aromatic carbocycles. The highest BCUT2D eigenvalue weighted by Gasteiger charge is 2.37. The minimum Gasteiger partial charge on any atom is -0.494 e. The van der Waals surface area contributed by atoms with Crippen LogP contribution in [-0.4, -0.2) is 31.1 Å². The standard InChI is InChI=1S/C31H29ClN2O6/c1-4-7-22-16-21(18-27(39-6-3)28(22)40-19-20-8-10-23(32)11-9-20)17-26-29(35)33-31(37)34(30(26)36)24-12-14-25(15-13-24)38-5-2/h4,7-18H,5-6,19H2,1-3H3,(H,33,35,37)/b7-4+,26-17+. The van der Waals surface area contributed by atoms with E-state index in [-0.39, 0.29) is 12.2 Å². The number of halogens is 1. The summed E-state index contributed by atoms with van der Waals surface area (Å²) < 4.78 is 17.5. The number of hydrogen-bond donors (Lipinski definition) is 1. The van der Waals surface area contributed by atoms with Crippen molar-refractivity contribution >= 4 is 47.3 Å². The Balaban J connectivity index is 1.69. The Hall–Kier alpha value is -4.56. The van der Waals surface area contributed by atoms with E-state index in [1.807, 2.05) is 45.1 Å². The van der Waals surface area contributed by atoms with Crippen LogP contribution in [0.3, 0.4) is 0 Å². The summed E-state index contributed by atoms with van der Waals surface area (Å²) in [5.74, 6) is 0.0308. The van der Waals surface area contributed by atoms with Crippen LogP contribution in [0.4, 0.5) is 10.5 Å². The first-order valence-electron chi connectivity index (χ1n) is 12.8. The van der Waals surface area contributed by atoms with Crippen LogP contribution in [0, 0.1) is 0 Å². The molecule has 0 unspecified atom stereocenters. The van der Waals surface area contributed by atoms with E-state index in [9.17, 15) is 14.4 Å². The van der Waals surface area contributed by atoms with Crippen LogP contribution >= 0.6 is 11.6 Å². The van der Waals surface area contributed by atoms with Gasteiger partial charge < -0.3 is 14.2 Å². The van der Waals surface area contributed by atoms with E-state index in [1.165, 1.54) is 6.08 Å². The molecule has 1 heterocycles. The van der Waals surface area contributed by atoms with Gasteiger partial charge in [-0.05, 0) is 86.5 Å². The average Bonchev–Trinajstić information content (AvgIpc) is 2.93. The summed E-state index contributed by atoms with van der Waals surface area (Å²) in [6.07, 6.45) is 5.13. The van der Waals surface area contributed by atoms with E-state index in [1.54, 1.807) is 48.5 Å². The van der Waals surface area contributed by atoms with Crippen molar-refractivity contribution in [2.24, 2.45) is 0 Å². The van der Waals surface area contributed by atoms with Gasteiger partial charge >= 0.3 is 6.03 Å². The Bertz CT molecular complexity index is 1460. The molecule has 0 atom stereocenters. The number of anilines is 1. The van der Waals surface area contributed by atoms with Gasteiger partial charge in [0, 0.05) is 10.6 Å². The quantitative estimate of drug-likeness (QED) is 0.227. The zero-order valence-corrected chi connectivity index (χ0v) is 23.2. The molecule has 0 saturated carbocycles. The second-order valence-electron chi connectivity index (χ2n) is 8.67. The van der Waals surface area contributed by atoms with Gasteiger partial charge in [-0.1, -0.05) is 35.9 Å². The lowest BCUT2D eigenvalue weighted by molar-refractivity contribution is -0.122. The van der Waals surface area contributed by atoms with Crippen molar-refractivity contribution < 1.29 is 28.6 Å². The summed E-state index contributed by atoms with van der Waals surface area (Å²) in [6, 6.07) is 16.5. The van der Waals surface area contributed by atoms with Gasteiger partial charge in [-0.15, -0.1) is 0 Å². The summed E-state index contributed by atoms with van der Waals surface area (Å²) in [4.78, 5) is 39.7. The maximum atomic E-state index is 13.4. The van der Waals surface area contributed by atoms with Gasteiger partial charge in [-0.25, -0.2) is 9.69 Å². The fraction of sp³-hybridized carbons (Fsp3) is 0.194. The number of ether oxygens (including phenoxy) is 3. The van der Waals surface area contributed by atoms with E-state index >= 15 is 0 Å². The molecular weight excluding hydrogens is 532 g/mol. The third-order valence-corrected chi connectivity index (χ3v) is 6.12. The van der Waals surface area contributed by atoms with Gasteiger partial charge in [0.05, 0.1) is 18.9 Å². The third-order valence-electron chi connectivity index (χ3n) is 5.87. The first-order chi connectivity index (χ1) is 19.3. The van der Waals surface area contributed by atoms with Gasteiger partial charge in [-0.2, -0.15) is 0 Å². The van der Waals surface area contributed by atoms with Gasteiger partial charge in [0.15, 0.2) is 11.5 Å². The average molecular weight is 561 g/mol. The first kappa shape index (κ1) is 28.4. The number of rotatable bonds is 10. The normalized spacial score (nSPS) is 14.6. The molecule has 0 aromatic heterocycles. The second-order valence-corrected chi connectivity index (χ2v) is 9.11. The third kappa shape index (κ3) is 6.52. The topological polar surface area (TPSA) is 94.2 Å². The molecule has 1 N–H and O–H groups in total. The molecule has 0 radical (unpaired) electrons. The summed E-state index contributed by atoms with van der Waals surface area (Å²) >= 11 is 5.99. The predicted octanol–water partition coefficient (Wildman–Crippen LogP) is 6.42. The van der Waals surface area contributed by atoms with Crippen molar-refractivity contribution in [3.05, 3.63) is 94.0 Å². The second kappa shape index (κ2) is 13.0. The van der Waals surface area contributed by atoms with E-state index in [0.717, 1.165) is 10.5 Å². The minimum absolute atomic E-state index is 0.197. The van der Waals surface area contributed by atoms with Crippen molar-refractivity contribution in [3.8, 4) is 17.2 Å². The zero-order valence-electron chi connectivity index (χ0n) is 22.4. The summed E-state index contributed by atoms with van der Waals surface area (Å²) in [5.41, 5.74) is 2.25. The maximum Gasteiger partial charge on any atom is 0.335 e. The van der Waals surface area contributed by atoms with Crippen LogP contribution in [0.2, 0.25) is 5.02 Å². The molecule has 4 rings (SSSR count). The molecule has 40 heavy (non-hydrogen) atoms. The van der Waals surface area contributed by atoms with E-state index in [4.69, 9.17) is 25.8 Å². The highest BCUT2D eigenvalue weighted by Crippen LogP contribution is 2.36. The molecule has 1 fully saturated rings. The van der Waals surface area contributed by atoms with Crippen molar-refractivity contribution in [2.75, 3.05) is 18.1 Å². The van der Waals surface area contributed by atoms with Crippen molar-refractivity contribution in [1.29, 1.82) is 0 Å². The van der Waals surface area contributed by atoms with Crippen LogP contribution < -0.4 is 24.4 Å². The van der Waals surface area contributed by atoms with Crippen LogP contribution in [0.5, 0.6) is 17.2 Å². The number of benzene rings is 3. The Labute approximate surface area is 237 Å². The Morgan fingerprint density at radius 3 is 2.25 bits per heavy atom. The monoisotopic (exact) mass is 560 g/mol. The highest BCUT2D eigenvalue weighted by molar-refractivity contribution is 6.39. The van der Waals surface area contributed by atoms with Crippen LogP contribution in [0.25, 0.3) is 12.2 Å². The van der Waals surface area contributed by atoms with E-state index < -0.39 is 17.8 Å². The Kier molecular flexibility index (Phi) is 9.24. The number of amides is 4. The molecule has 206 valence electrons. The van der Waals surface area contributed by atoms with Gasteiger partial charge in [0.2, 0.25) is 0 Å². The van der Waals surface area contributed by atoms with Crippen LogP contribution in [0.1, 0.15) is 37.5 Å². The molecule has 0 bridgehead atoms. The lowest BCUT2D eigenvalue weighted by Gasteiger charge is -2.26. The lowest BCUT2D eigenvalue weighted by atomic mass is 10.0. The summed E-state index contributed by atoms with van der Waals surface area (Å²) in [7, 11) is 0. The lowest BCUT2D eigenvalue weighted by Crippen LogP contribution is -2.54. The number of nitrogens with zero attached hydrogens (tertiary/aromatic N) is 1. The number of carbonyl (C=O) groups is 3. The van der Waals surface area contributed by atoms with E-state index in [0.29, 0.717) is 52.3 Å². The van der Waals surface area contributed by atoms with Crippen LogP contribution in [-0.2, 0) is 16.2 Å². The molecule has 1 aliphatic heterocycles. The van der Waals surface area contributed by atoms with Crippen molar-refractivity contribution in [2.45, 2.75) is 27.4 Å². The Morgan fingerprint density at radius 1 is 0.900 bits per heavy atom. The first-order valence-corrected chi connectivity index (χ1v) is 13.2. The number of urea groups is 1. The van der Waals surface area contributed by atoms with Gasteiger partial charge in [0.1, 0.15) is 17.9 Å². The smallest absolute Gasteiger partial charge is 0.335 e. The molecule has 9 heteroatoms. The fourth-order valence-corrected chi connectivity index (χ4v) is 4.23. The van der Waals surface area contributed by atoms with Gasteiger partial charge in [-0.3, -0.25) is 14.9 Å². The molecule has 3 aromatic rings. The largest absolute Gasteiger partial charge is 0.494 e. The number of allylic oxidation sites excluding steroid dienone is 1. The number of carbonyl (C=O) groups excluding carboxylic acids is 3. The van der Waals surface area contributed by atoms with Crippen molar-refractivity contribution in [3.63, 3.8) is 0 Å². The molecule has 1 saturated heterocycles.